The van der Waals surface area contributed by atoms with Crippen LogP contribution >= 0.6 is 0 Å². The van der Waals surface area contributed by atoms with Gasteiger partial charge in [-0.2, -0.15) is 0 Å². The molecule has 1 aromatic rings. The number of ether oxygens (including phenoxy) is 1. The Balaban J connectivity index is 2.07. The first kappa shape index (κ1) is 15.3. The Morgan fingerprint density at radius 1 is 1.35 bits per heavy atom. The van der Waals surface area contributed by atoms with Gasteiger partial charge in [-0.1, -0.05) is 18.9 Å². The molecule has 1 aromatic carbocycles. The van der Waals surface area contributed by atoms with Crippen molar-refractivity contribution in [3.63, 3.8) is 0 Å². The number of rotatable bonds is 5. The number of halogens is 1. The molecule has 0 bridgehead atoms. The zero-order valence-corrected chi connectivity index (χ0v) is 12.4. The zero-order chi connectivity index (χ0) is 14.8. The Hall–Kier alpha value is -1.14. The summed E-state index contributed by atoms with van der Waals surface area (Å²) in [5, 5.41) is 5.17. The molecule has 20 heavy (non-hydrogen) atoms. The average molecular weight is 301 g/mol. The van der Waals surface area contributed by atoms with Crippen LogP contribution in [0.5, 0.6) is 5.75 Å². The molecule has 1 aliphatic rings. The van der Waals surface area contributed by atoms with Gasteiger partial charge in [0.25, 0.3) is 0 Å². The minimum absolute atomic E-state index is 0.0751. The maximum absolute atomic E-state index is 13.5. The second kappa shape index (κ2) is 5.69. The Morgan fingerprint density at radius 2 is 2.00 bits per heavy atom. The fourth-order valence-corrected chi connectivity index (χ4v) is 4.01. The topological polar surface area (TPSA) is 69.4 Å². The van der Waals surface area contributed by atoms with Crippen molar-refractivity contribution in [3.05, 3.63) is 29.6 Å². The summed E-state index contributed by atoms with van der Waals surface area (Å²) < 4.78 is 41.8. The van der Waals surface area contributed by atoms with Crippen LogP contribution in [0.3, 0.4) is 0 Å². The molecule has 2 rings (SSSR count). The molecular formula is C14H20FNO3S. The van der Waals surface area contributed by atoms with Crippen LogP contribution in [-0.2, 0) is 10.0 Å². The van der Waals surface area contributed by atoms with E-state index in [1.807, 2.05) is 0 Å². The fraction of sp³-hybridized carbons (Fsp3) is 0.571. The number of hydrogen-bond donors (Lipinski definition) is 1. The molecular weight excluding hydrogens is 281 g/mol. The van der Waals surface area contributed by atoms with E-state index in [2.05, 4.69) is 0 Å². The molecule has 6 heteroatoms. The summed E-state index contributed by atoms with van der Waals surface area (Å²) in [6, 6.07) is 4.67. The Bertz CT molecular complexity index is 580. The van der Waals surface area contributed by atoms with E-state index in [0.717, 1.165) is 25.7 Å². The first-order valence-electron chi connectivity index (χ1n) is 6.69. The third-order valence-electron chi connectivity index (χ3n) is 3.86. The predicted octanol–water partition coefficient (Wildman–Crippen LogP) is 2.36. The summed E-state index contributed by atoms with van der Waals surface area (Å²) in [6.07, 6.45) is 3.50. The number of primary sulfonamides is 1. The molecule has 0 spiro atoms. The van der Waals surface area contributed by atoms with Gasteiger partial charge in [0.1, 0.15) is 11.6 Å². The molecule has 1 aliphatic carbocycles. The van der Waals surface area contributed by atoms with Crippen LogP contribution in [0.25, 0.3) is 0 Å². The molecule has 4 nitrogen and oxygen atoms in total. The van der Waals surface area contributed by atoms with Gasteiger partial charge >= 0.3 is 0 Å². The van der Waals surface area contributed by atoms with E-state index in [1.165, 1.54) is 6.07 Å². The molecule has 0 radical (unpaired) electrons. The first-order chi connectivity index (χ1) is 9.30. The van der Waals surface area contributed by atoms with Crippen molar-refractivity contribution in [2.45, 2.75) is 32.6 Å². The van der Waals surface area contributed by atoms with Gasteiger partial charge in [-0.15, -0.1) is 0 Å². The van der Waals surface area contributed by atoms with Gasteiger partial charge in [-0.05, 0) is 31.4 Å². The van der Waals surface area contributed by atoms with Gasteiger partial charge in [0, 0.05) is 11.5 Å². The summed E-state index contributed by atoms with van der Waals surface area (Å²) in [5.41, 5.74) is 0.118. The summed E-state index contributed by atoms with van der Waals surface area (Å²) in [6.45, 7) is 1.94. The maximum Gasteiger partial charge on any atom is 0.209 e. The van der Waals surface area contributed by atoms with E-state index in [0.29, 0.717) is 11.3 Å². The monoisotopic (exact) mass is 301 g/mol. The van der Waals surface area contributed by atoms with Crippen LogP contribution in [0, 0.1) is 18.2 Å². The number of aryl methyl sites for hydroxylation is 1. The standard InChI is InChI=1S/C14H20FNO3S/c1-11-4-5-12(8-13(11)15)19-9-14(6-2-3-7-14)10-20(16,17)18/h4-5,8H,2-3,6-7,9-10H2,1H3,(H2,16,17,18). The van der Waals surface area contributed by atoms with Crippen LogP contribution in [0.4, 0.5) is 4.39 Å². The Kier molecular flexibility index (Phi) is 4.34. The van der Waals surface area contributed by atoms with Gasteiger partial charge in [0.05, 0.1) is 12.4 Å². The predicted molar refractivity (Wildman–Crippen MR) is 75.5 cm³/mol. The van der Waals surface area contributed by atoms with E-state index >= 15 is 0 Å². The van der Waals surface area contributed by atoms with Gasteiger partial charge in [-0.25, -0.2) is 17.9 Å². The third kappa shape index (κ3) is 3.93. The number of hydrogen-bond acceptors (Lipinski definition) is 3. The van der Waals surface area contributed by atoms with Crippen molar-refractivity contribution >= 4 is 10.0 Å². The number of nitrogens with two attached hydrogens (primary N) is 1. The summed E-state index contributed by atoms with van der Waals surface area (Å²) in [5.74, 6) is 0.0251. The molecule has 0 aliphatic heterocycles. The molecule has 1 fully saturated rings. The molecule has 1 saturated carbocycles. The van der Waals surface area contributed by atoms with E-state index in [4.69, 9.17) is 9.88 Å². The highest BCUT2D eigenvalue weighted by Gasteiger charge is 2.38. The largest absolute Gasteiger partial charge is 0.493 e. The summed E-state index contributed by atoms with van der Waals surface area (Å²) in [7, 11) is -3.54. The van der Waals surface area contributed by atoms with Crippen molar-refractivity contribution in [1.29, 1.82) is 0 Å². The van der Waals surface area contributed by atoms with Crippen LogP contribution in [0.15, 0.2) is 18.2 Å². The summed E-state index contributed by atoms with van der Waals surface area (Å²) >= 11 is 0. The average Bonchev–Trinajstić information content (AvgIpc) is 2.77. The molecule has 0 amide bonds. The molecule has 0 atom stereocenters. The van der Waals surface area contributed by atoms with Crippen molar-refractivity contribution in [2.24, 2.45) is 10.6 Å². The van der Waals surface area contributed by atoms with E-state index in [9.17, 15) is 12.8 Å². The minimum Gasteiger partial charge on any atom is -0.493 e. The van der Waals surface area contributed by atoms with Gasteiger partial charge in [0.15, 0.2) is 0 Å². The lowest BCUT2D eigenvalue weighted by Crippen LogP contribution is -2.36. The van der Waals surface area contributed by atoms with Gasteiger partial charge in [-0.3, -0.25) is 0 Å². The second-order valence-corrected chi connectivity index (χ2v) is 7.33. The van der Waals surface area contributed by atoms with Crippen LogP contribution in [0.2, 0.25) is 0 Å². The number of sulfonamides is 1. The lowest BCUT2D eigenvalue weighted by atomic mass is 9.90. The smallest absolute Gasteiger partial charge is 0.209 e. The number of benzene rings is 1. The normalized spacial score (nSPS) is 18.1. The van der Waals surface area contributed by atoms with Crippen LogP contribution in [-0.4, -0.2) is 20.8 Å². The highest BCUT2D eigenvalue weighted by Crippen LogP contribution is 2.39. The Morgan fingerprint density at radius 3 is 2.55 bits per heavy atom. The molecule has 0 saturated heterocycles. The third-order valence-corrected chi connectivity index (χ3v) is 4.87. The van der Waals surface area contributed by atoms with E-state index in [-0.39, 0.29) is 18.2 Å². The van der Waals surface area contributed by atoms with Crippen molar-refractivity contribution in [1.82, 2.24) is 0 Å². The highest BCUT2D eigenvalue weighted by molar-refractivity contribution is 7.89. The first-order valence-corrected chi connectivity index (χ1v) is 8.41. The van der Waals surface area contributed by atoms with E-state index < -0.39 is 15.4 Å². The van der Waals surface area contributed by atoms with E-state index in [1.54, 1.807) is 19.1 Å². The lowest BCUT2D eigenvalue weighted by molar-refractivity contribution is 0.170. The molecule has 112 valence electrons. The molecule has 0 heterocycles. The fourth-order valence-electron chi connectivity index (χ4n) is 2.78. The van der Waals surface area contributed by atoms with Crippen LogP contribution < -0.4 is 9.88 Å². The maximum atomic E-state index is 13.5. The highest BCUT2D eigenvalue weighted by atomic mass is 32.2. The summed E-state index contributed by atoms with van der Waals surface area (Å²) in [4.78, 5) is 0. The quantitative estimate of drug-likeness (QED) is 0.907. The van der Waals surface area contributed by atoms with Crippen molar-refractivity contribution in [3.8, 4) is 5.75 Å². The van der Waals surface area contributed by atoms with Crippen molar-refractivity contribution < 1.29 is 17.5 Å². The minimum atomic E-state index is -3.54. The molecule has 0 unspecified atom stereocenters. The van der Waals surface area contributed by atoms with Crippen molar-refractivity contribution in [2.75, 3.05) is 12.4 Å². The Labute approximate surface area is 119 Å². The van der Waals surface area contributed by atoms with Gasteiger partial charge in [0.2, 0.25) is 10.0 Å². The van der Waals surface area contributed by atoms with Crippen LogP contribution in [0.1, 0.15) is 31.2 Å². The zero-order valence-electron chi connectivity index (χ0n) is 11.6. The molecule has 0 aromatic heterocycles. The SMILES string of the molecule is Cc1ccc(OCC2(CS(N)(=O)=O)CCCC2)cc1F. The lowest BCUT2D eigenvalue weighted by Gasteiger charge is -2.27. The second-order valence-electron chi connectivity index (χ2n) is 5.71. The van der Waals surface area contributed by atoms with Gasteiger partial charge < -0.3 is 4.74 Å². The molecule has 2 N–H and O–H groups in total.